The Labute approximate surface area is 166 Å². The number of ether oxygens (including phenoxy) is 1. The Morgan fingerprint density at radius 2 is 1.82 bits per heavy atom. The van der Waals surface area contributed by atoms with Gasteiger partial charge in [-0.3, -0.25) is 4.99 Å². The van der Waals surface area contributed by atoms with Crippen LogP contribution in [0.15, 0.2) is 78.0 Å². The van der Waals surface area contributed by atoms with Crippen molar-refractivity contribution in [2.24, 2.45) is 4.99 Å². The zero-order valence-electron chi connectivity index (χ0n) is 16.5. The van der Waals surface area contributed by atoms with Gasteiger partial charge in [0, 0.05) is 26.8 Å². The van der Waals surface area contributed by atoms with Crippen molar-refractivity contribution >= 4 is 5.96 Å². The van der Waals surface area contributed by atoms with Gasteiger partial charge in [-0.05, 0) is 36.2 Å². The molecular formula is C22H27N5O. The first kappa shape index (κ1) is 19.5. The minimum absolute atomic E-state index is 0.602. The van der Waals surface area contributed by atoms with Crippen molar-refractivity contribution in [1.29, 1.82) is 0 Å². The average molecular weight is 377 g/mol. The predicted octanol–water partition coefficient (Wildman–Crippen LogP) is 3.00. The Bertz CT molecular complexity index is 861. The summed E-state index contributed by atoms with van der Waals surface area (Å²) in [4.78, 5) is 6.42. The summed E-state index contributed by atoms with van der Waals surface area (Å²) in [6.45, 7) is 2.14. The monoisotopic (exact) mass is 377 g/mol. The summed E-state index contributed by atoms with van der Waals surface area (Å²) in [5.74, 6) is 1.74. The molecule has 0 radical (unpaired) electrons. The van der Waals surface area contributed by atoms with Crippen LogP contribution in [0.2, 0.25) is 0 Å². The number of nitrogens with zero attached hydrogens (tertiary/aromatic N) is 4. The van der Waals surface area contributed by atoms with E-state index in [0.29, 0.717) is 6.61 Å². The van der Waals surface area contributed by atoms with Crippen LogP contribution in [0.25, 0.3) is 5.69 Å². The van der Waals surface area contributed by atoms with E-state index in [-0.39, 0.29) is 0 Å². The number of guanidine groups is 1. The molecule has 0 aliphatic rings. The highest BCUT2D eigenvalue weighted by molar-refractivity contribution is 5.79. The molecule has 0 spiro atoms. The normalized spacial score (nSPS) is 11.3. The number of aliphatic imine (C=N–C) groups is 1. The fraction of sp³-hybridized carbons (Fsp3) is 0.273. The summed E-state index contributed by atoms with van der Waals surface area (Å²) in [7, 11) is 3.81. The number of benzene rings is 2. The molecule has 0 saturated carbocycles. The molecule has 1 N–H and O–H groups in total. The molecule has 1 aromatic heterocycles. The number of para-hydroxylation sites is 2. The Kier molecular flexibility index (Phi) is 7.07. The van der Waals surface area contributed by atoms with Gasteiger partial charge in [0.15, 0.2) is 5.96 Å². The topological polar surface area (TPSA) is 54.7 Å². The van der Waals surface area contributed by atoms with E-state index in [9.17, 15) is 0 Å². The lowest BCUT2D eigenvalue weighted by atomic mass is 10.2. The maximum Gasteiger partial charge on any atom is 0.193 e. The van der Waals surface area contributed by atoms with Crippen molar-refractivity contribution in [2.45, 2.75) is 6.42 Å². The Hall–Kier alpha value is -3.28. The molecule has 0 amide bonds. The van der Waals surface area contributed by atoms with Gasteiger partial charge in [0.2, 0.25) is 0 Å². The van der Waals surface area contributed by atoms with Crippen molar-refractivity contribution in [1.82, 2.24) is 20.0 Å². The number of hydrogen-bond acceptors (Lipinski definition) is 3. The molecule has 0 fully saturated rings. The first-order valence-electron chi connectivity index (χ1n) is 9.45. The van der Waals surface area contributed by atoms with E-state index >= 15 is 0 Å². The summed E-state index contributed by atoms with van der Waals surface area (Å²) >= 11 is 0. The summed E-state index contributed by atoms with van der Waals surface area (Å²) < 4.78 is 7.65. The van der Waals surface area contributed by atoms with Gasteiger partial charge >= 0.3 is 0 Å². The van der Waals surface area contributed by atoms with Crippen LogP contribution in [0.1, 0.15) is 5.56 Å². The predicted molar refractivity (Wildman–Crippen MR) is 113 cm³/mol. The molecular weight excluding hydrogens is 350 g/mol. The first-order chi connectivity index (χ1) is 13.8. The number of nitrogens with one attached hydrogen (secondary N) is 1. The second-order valence-corrected chi connectivity index (χ2v) is 6.44. The fourth-order valence-corrected chi connectivity index (χ4v) is 2.84. The molecule has 6 nitrogen and oxygen atoms in total. The molecule has 146 valence electrons. The molecule has 0 aliphatic carbocycles. The van der Waals surface area contributed by atoms with Crippen molar-refractivity contribution in [3.05, 3.63) is 78.6 Å². The van der Waals surface area contributed by atoms with Crippen LogP contribution in [-0.2, 0) is 6.42 Å². The van der Waals surface area contributed by atoms with Gasteiger partial charge in [-0.2, -0.15) is 5.10 Å². The largest absolute Gasteiger partial charge is 0.492 e. The van der Waals surface area contributed by atoms with Gasteiger partial charge in [-0.1, -0.05) is 36.4 Å². The third kappa shape index (κ3) is 5.61. The Morgan fingerprint density at radius 1 is 1.11 bits per heavy atom. The second kappa shape index (κ2) is 10.2. The van der Waals surface area contributed by atoms with Gasteiger partial charge in [0.1, 0.15) is 12.4 Å². The molecule has 0 bridgehead atoms. The summed E-state index contributed by atoms with van der Waals surface area (Å²) in [5, 5.41) is 7.84. The lowest BCUT2D eigenvalue weighted by Gasteiger charge is -2.22. The molecule has 0 saturated heterocycles. The van der Waals surface area contributed by atoms with Crippen LogP contribution in [0.4, 0.5) is 0 Å². The molecule has 28 heavy (non-hydrogen) atoms. The third-order valence-corrected chi connectivity index (χ3v) is 4.37. The SMILES string of the molecule is CN=C(NCCc1cnn(-c2ccccc2)c1)N(C)CCOc1ccccc1. The lowest BCUT2D eigenvalue weighted by Crippen LogP contribution is -2.41. The maximum absolute atomic E-state index is 5.75. The van der Waals surface area contributed by atoms with Gasteiger partial charge < -0.3 is 15.0 Å². The first-order valence-corrected chi connectivity index (χ1v) is 9.45. The van der Waals surface area contributed by atoms with Crippen LogP contribution in [0.5, 0.6) is 5.75 Å². The molecule has 3 rings (SSSR count). The highest BCUT2D eigenvalue weighted by atomic mass is 16.5. The quantitative estimate of drug-likeness (QED) is 0.484. The summed E-state index contributed by atoms with van der Waals surface area (Å²) in [5.41, 5.74) is 2.25. The number of rotatable bonds is 8. The van der Waals surface area contributed by atoms with Crippen molar-refractivity contribution in [3.63, 3.8) is 0 Å². The minimum atomic E-state index is 0.602. The Morgan fingerprint density at radius 3 is 2.54 bits per heavy atom. The van der Waals surface area contributed by atoms with E-state index in [1.54, 1.807) is 7.05 Å². The molecule has 2 aromatic carbocycles. The molecule has 1 heterocycles. The van der Waals surface area contributed by atoms with Crippen LogP contribution >= 0.6 is 0 Å². The lowest BCUT2D eigenvalue weighted by molar-refractivity contribution is 0.281. The average Bonchev–Trinajstić information content (AvgIpc) is 3.21. The highest BCUT2D eigenvalue weighted by Gasteiger charge is 2.06. The van der Waals surface area contributed by atoms with E-state index in [2.05, 4.69) is 26.5 Å². The smallest absolute Gasteiger partial charge is 0.193 e. The number of likely N-dealkylation sites (N-methyl/N-ethyl adjacent to an activating group) is 1. The third-order valence-electron chi connectivity index (χ3n) is 4.37. The van der Waals surface area contributed by atoms with E-state index in [4.69, 9.17) is 4.74 Å². The van der Waals surface area contributed by atoms with Crippen LogP contribution in [0.3, 0.4) is 0 Å². The van der Waals surface area contributed by atoms with Crippen molar-refractivity contribution in [2.75, 3.05) is 33.8 Å². The number of aromatic nitrogens is 2. The molecule has 0 atom stereocenters. The van der Waals surface area contributed by atoms with E-state index < -0.39 is 0 Å². The van der Waals surface area contributed by atoms with Crippen molar-refractivity contribution in [3.8, 4) is 11.4 Å². The number of hydrogen-bond donors (Lipinski definition) is 1. The summed E-state index contributed by atoms with van der Waals surface area (Å²) in [6, 6.07) is 20.0. The van der Waals surface area contributed by atoms with Crippen molar-refractivity contribution < 1.29 is 4.74 Å². The molecule has 0 unspecified atom stereocenters. The highest BCUT2D eigenvalue weighted by Crippen LogP contribution is 2.09. The standard InChI is InChI=1S/C22H27N5O/c1-23-22(26(2)15-16-28-21-11-7-4-8-12-21)24-14-13-19-17-25-27(18-19)20-9-5-3-6-10-20/h3-12,17-18H,13-16H2,1-2H3,(H,23,24). The summed E-state index contributed by atoms with van der Waals surface area (Å²) in [6.07, 6.45) is 4.85. The fourth-order valence-electron chi connectivity index (χ4n) is 2.84. The zero-order chi connectivity index (χ0) is 19.6. The second-order valence-electron chi connectivity index (χ2n) is 6.44. The Balaban J connectivity index is 1.42. The maximum atomic E-state index is 5.75. The van der Waals surface area contributed by atoms with Gasteiger partial charge in [-0.15, -0.1) is 0 Å². The molecule has 6 heteroatoms. The van der Waals surface area contributed by atoms with Crippen LogP contribution in [0, 0.1) is 0 Å². The molecule has 3 aromatic rings. The van der Waals surface area contributed by atoms with E-state index in [0.717, 1.165) is 36.9 Å². The van der Waals surface area contributed by atoms with Crippen LogP contribution in [-0.4, -0.2) is 54.4 Å². The van der Waals surface area contributed by atoms with E-state index in [1.165, 1.54) is 5.56 Å². The minimum Gasteiger partial charge on any atom is -0.492 e. The van der Waals surface area contributed by atoms with Gasteiger partial charge in [0.05, 0.1) is 18.4 Å². The van der Waals surface area contributed by atoms with Gasteiger partial charge in [0.25, 0.3) is 0 Å². The van der Waals surface area contributed by atoms with Crippen LogP contribution < -0.4 is 10.1 Å². The van der Waals surface area contributed by atoms with Gasteiger partial charge in [-0.25, -0.2) is 4.68 Å². The zero-order valence-corrected chi connectivity index (χ0v) is 16.5. The molecule has 0 aliphatic heterocycles. The van der Waals surface area contributed by atoms with E-state index in [1.807, 2.05) is 78.6 Å².